The predicted molar refractivity (Wildman–Crippen MR) is 124 cm³/mol. The maximum Gasteiger partial charge on any atom is 0.226 e. The van der Waals surface area contributed by atoms with Crippen LogP contribution in [-0.2, 0) is 22.5 Å². The van der Waals surface area contributed by atoms with E-state index in [1.807, 2.05) is 30.5 Å². The van der Waals surface area contributed by atoms with Crippen molar-refractivity contribution in [1.29, 1.82) is 5.26 Å². The van der Waals surface area contributed by atoms with Crippen LogP contribution in [-0.4, -0.2) is 37.2 Å². The molecule has 0 unspecified atom stereocenters. The van der Waals surface area contributed by atoms with E-state index in [1.165, 1.54) is 11.3 Å². The summed E-state index contributed by atoms with van der Waals surface area (Å²) in [5.41, 5.74) is 6.80. The molecule has 1 amide bonds. The third kappa shape index (κ3) is 5.32. The number of pyridine rings is 1. The van der Waals surface area contributed by atoms with Crippen LogP contribution in [0.2, 0.25) is 0 Å². The molecule has 6 heteroatoms. The molecule has 6 nitrogen and oxygen atoms in total. The summed E-state index contributed by atoms with van der Waals surface area (Å²) in [7, 11) is 0. The normalized spacial score (nSPS) is 13.4. The zero-order valence-corrected chi connectivity index (χ0v) is 18.2. The minimum absolute atomic E-state index is 0.0985. The fourth-order valence-electron chi connectivity index (χ4n) is 3.86. The summed E-state index contributed by atoms with van der Waals surface area (Å²) in [5.74, 6) is -0.0985. The second kappa shape index (κ2) is 10.1. The molecule has 0 bridgehead atoms. The lowest BCUT2D eigenvalue weighted by molar-refractivity contribution is -0.120. The topological polar surface area (TPSA) is 78.2 Å². The summed E-state index contributed by atoms with van der Waals surface area (Å²) in [6.07, 6.45) is 2.04. The average molecular weight is 427 g/mol. The molecule has 2 heterocycles. The molecule has 2 aromatic carbocycles. The molecule has 1 aliphatic rings. The smallest absolute Gasteiger partial charge is 0.226 e. The van der Waals surface area contributed by atoms with Crippen molar-refractivity contribution >= 4 is 11.6 Å². The average Bonchev–Trinajstić information content (AvgIpc) is 2.84. The molecule has 32 heavy (non-hydrogen) atoms. The first-order chi connectivity index (χ1) is 15.6. The van der Waals surface area contributed by atoms with Crippen LogP contribution in [0.15, 0.2) is 60.8 Å². The highest BCUT2D eigenvalue weighted by Crippen LogP contribution is 2.27. The lowest BCUT2D eigenvalue weighted by Gasteiger charge is -2.29. The van der Waals surface area contributed by atoms with Gasteiger partial charge in [-0.15, -0.1) is 0 Å². The summed E-state index contributed by atoms with van der Waals surface area (Å²) >= 11 is 0. The van der Waals surface area contributed by atoms with E-state index in [0.717, 1.165) is 48.7 Å². The van der Waals surface area contributed by atoms with Crippen LogP contribution in [0.5, 0.6) is 0 Å². The Morgan fingerprint density at radius 1 is 1.16 bits per heavy atom. The number of nitriles is 1. The number of morpholine rings is 1. The van der Waals surface area contributed by atoms with Crippen molar-refractivity contribution in [3.05, 3.63) is 83.2 Å². The molecule has 1 fully saturated rings. The van der Waals surface area contributed by atoms with Crippen LogP contribution in [0.25, 0.3) is 11.1 Å². The third-order valence-electron chi connectivity index (χ3n) is 5.61. The first-order valence-corrected chi connectivity index (χ1v) is 10.8. The van der Waals surface area contributed by atoms with Gasteiger partial charge >= 0.3 is 0 Å². The van der Waals surface area contributed by atoms with Crippen molar-refractivity contribution in [2.75, 3.05) is 31.2 Å². The molecule has 1 N–H and O–H groups in total. The van der Waals surface area contributed by atoms with Gasteiger partial charge in [0.25, 0.3) is 0 Å². The van der Waals surface area contributed by atoms with Crippen molar-refractivity contribution in [2.45, 2.75) is 19.9 Å². The van der Waals surface area contributed by atoms with Crippen molar-refractivity contribution in [2.24, 2.45) is 0 Å². The van der Waals surface area contributed by atoms with Crippen molar-refractivity contribution in [3.63, 3.8) is 0 Å². The third-order valence-corrected chi connectivity index (χ3v) is 5.61. The van der Waals surface area contributed by atoms with Crippen LogP contribution in [0.3, 0.4) is 0 Å². The van der Waals surface area contributed by atoms with Gasteiger partial charge in [0.1, 0.15) is 0 Å². The first kappa shape index (κ1) is 21.5. The number of benzene rings is 2. The standard InChI is InChI=1S/C26H26N4O2/c1-19-13-24(30-9-11-32-12-10-30)7-8-25(19)22-5-6-23(28-18-22)15-26(31)29-17-21-4-2-3-20(14-21)16-27/h2-8,13-14,18H,9-12,15,17H2,1H3,(H,29,31). The largest absolute Gasteiger partial charge is 0.378 e. The Morgan fingerprint density at radius 3 is 2.72 bits per heavy atom. The van der Waals surface area contributed by atoms with E-state index in [0.29, 0.717) is 12.1 Å². The van der Waals surface area contributed by atoms with Gasteiger partial charge in [0.15, 0.2) is 0 Å². The Kier molecular flexibility index (Phi) is 6.78. The number of hydrogen-bond acceptors (Lipinski definition) is 5. The fourth-order valence-corrected chi connectivity index (χ4v) is 3.86. The Hall–Kier alpha value is -3.69. The van der Waals surface area contributed by atoms with Crippen LogP contribution in [0.4, 0.5) is 5.69 Å². The molecule has 0 saturated carbocycles. The Morgan fingerprint density at radius 2 is 2.00 bits per heavy atom. The lowest BCUT2D eigenvalue weighted by atomic mass is 10.0. The van der Waals surface area contributed by atoms with E-state index in [2.05, 4.69) is 46.4 Å². The van der Waals surface area contributed by atoms with Crippen LogP contribution in [0, 0.1) is 18.3 Å². The molecule has 3 aromatic rings. The van der Waals surface area contributed by atoms with E-state index >= 15 is 0 Å². The van der Waals surface area contributed by atoms with Gasteiger partial charge in [0, 0.05) is 42.8 Å². The van der Waals surface area contributed by atoms with E-state index < -0.39 is 0 Å². The summed E-state index contributed by atoms with van der Waals surface area (Å²) < 4.78 is 5.44. The summed E-state index contributed by atoms with van der Waals surface area (Å²) in [6, 6.07) is 19.8. The Labute approximate surface area is 188 Å². The van der Waals surface area contributed by atoms with Crippen LogP contribution < -0.4 is 10.2 Å². The summed E-state index contributed by atoms with van der Waals surface area (Å²) in [6.45, 7) is 5.88. The molecule has 0 atom stereocenters. The number of amides is 1. The molecule has 0 spiro atoms. The molecule has 1 aromatic heterocycles. The SMILES string of the molecule is Cc1cc(N2CCOCC2)ccc1-c1ccc(CC(=O)NCc2cccc(C#N)c2)nc1. The monoisotopic (exact) mass is 426 g/mol. The van der Waals surface area contributed by atoms with Gasteiger partial charge in [-0.1, -0.05) is 24.3 Å². The zero-order chi connectivity index (χ0) is 22.3. The first-order valence-electron chi connectivity index (χ1n) is 10.8. The Balaban J connectivity index is 1.36. The van der Waals surface area contributed by atoms with Gasteiger partial charge in [0.05, 0.1) is 31.3 Å². The number of ether oxygens (including phenoxy) is 1. The number of anilines is 1. The minimum atomic E-state index is -0.0985. The summed E-state index contributed by atoms with van der Waals surface area (Å²) in [5, 5.41) is 11.9. The van der Waals surface area contributed by atoms with Gasteiger partial charge in [0.2, 0.25) is 5.91 Å². The quantitative estimate of drug-likeness (QED) is 0.651. The zero-order valence-electron chi connectivity index (χ0n) is 18.2. The maximum atomic E-state index is 12.3. The molecule has 1 saturated heterocycles. The maximum absolute atomic E-state index is 12.3. The lowest BCUT2D eigenvalue weighted by Crippen LogP contribution is -2.36. The molecular formula is C26H26N4O2. The van der Waals surface area contributed by atoms with E-state index in [-0.39, 0.29) is 12.3 Å². The second-order valence-corrected chi connectivity index (χ2v) is 7.90. The number of carbonyl (C=O) groups is 1. The van der Waals surface area contributed by atoms with Gasteiger partial charge in [-0.2, -0.15) is 5.26 Å². The van der Waals surface area contributed by atoms with Crippen molar-refractivity contribution in [3.8, 4) is 17.2 Å². The molecule has 0 radical (unpaired) electrons. The predicted octanol–water partition coefficient (Wildman–Crippen LogP) is 3.62. The number of aryl methyl sites for hydroxylation is 1. The number of hydrogen-bond donors (Lipinski definition) is 1. The highest BCUT2D eigenvalue weighted by Gasteiger charge is 2.13. The molecular weight excluding hydrogens is 400 g/mol. The molecule has 4 rings (SSSR count). The van der Waals surface area contributed by atoms with Crippen LogP contribution in [0.1, 0.15) is 22.4 Å². The molecule has 1 aliphatic heterocycles. The van der Waals surface area contributed by atoms with Gasteiger partial charge in [-0.25, -0.2) is 0 Å². The van der Waals surface area contributed by atoms with Gasteiger partial charge < -0.3 is 15.0 Å². The van der Waals surface area contributed by atoms with E-state index in [9.17, 15) is 4.79 Å². The van der Waals surface area contributed by atoms with Crippen molar-refractivity contribution < 1.29 is 9.53 Å². The number of nitrogens with one attached hydrogen (secondary N) is 1. The summed E-state index contributed by atoms with van der Waals surface area (Å²) in [4.78, 5) is 19.2. The molecule has 162 valence electrons. The fraction of sp³-hybridized carbons (Fsp3) is 0.269. The van der Waals surface area contributed by atoms with Gasteiger partial charge in [-0.05, 0) is 53.9 Å². The molecule has 0 aliphatic carbocycles. The highest BCUT2D eigenvalue weighted by molar-refractivity contribution is 5.78. The minimum Gasteiger partial charge on any atom is -0.378 e. The van der Waals surface area contributed by atoms with Crippen molar-refractivity contribution in [1.82, 2.24) is 10.3 Å². The highest BCUT2D eigenvalue weighted by atomic mass is 16.5. The number of aromatic nitrogens is 1. The second-order valence-electron chi connectivity index (χ2n) is 7.90. The van der Waals surface area contributed by atoms with E-state index in [4.69, 9.17) is 10.00 Å². The number of rotatable bonds is 6. The number of carbonyl (C=O) groups excluding carboxylic acids is 1. The van der Waals surface area contributed by atoms with Crippen LogP contribution >= 0.6 is 0 Å². The van der Waals surface area contributed by atoms with E-state index in [1.54, 1.807) is 12.1 Å². The number of nitrogens with zero attached hydrogens (tertiary/aromatic N) is 3. The van der Waals surface area contributed by atoms with Gasteiger partial charge in [-0.3, -0.25) is 9.78 Å². The Bertz CT molecular complexity index is 1130.